The highest BCUT2D eigenvalue weighted by molar-refractivity contribution is 5.91. The quantitative estimate of drug-likeness (QED) is 0.842. The molecule has 2 rings (SSSR count). The topological polar surface area (TPSA) is 104 Å². The third kappa shape index (κ3) is 9.08. The van der Waals surface area contributed by atoms with Crippen molar-refractivity contribution in [3.63, 3.8) is 0 Å². The van der Waals surface area contributed by atoms with Crippen LogP contribution in [0.4, 0.5) is 0 Å². The maximum Gasteiger partial charge on any atom is 0.265 e. The molecule has 2 amide bonds. The van der Waals surface area contributed by atoms with Gasteiger partial charge in [-0.25, -0.2) is 0 Å². The summed E-state index contributed by atoms with van der Waals surface area (Å²) in [6, 6.07) is 7.66. The number of carbonyl (C=O) groups excluding carboxylic acids is 2. The predicted octanol–water partition coefficient (Wildman–Crippen LogP) is 1.96. The minimum atomic E-state index is -0.387. The lowest BCUT2D eigenvalue weighted by Gasteiger charge is -1.98. The molecule has 2 aromatic heterocycles. The van der Waals surface area contributed by atoms with E-state index in [1.165, 1.54) is 24.1 Å². The predicted molar refractivity (Wildman–Crippen MR) is 91.8 cm³/mol. The zero-order chi connectivity index (χ0) is 17.7. The average molecular weight is 318 g/mol. The van der Waals surface area contributed by atoms with E-state index >= 15 is 0 Å². The number of nitrogens with zero attached hydrogens (tertiary/aromatic N) is 2. The SMILES string of the molecule is CCCCc1cc(C)ccn1.Cn1cccc1C(N)=O.NC=O. The lowest BCUT2D eigenvalue weighted by molar-refractivity contribution is -0.106. The number of pyridine rings is 1. The summed E-state index contributed by atoms with van der Waals surface area (Å²) in [5, 5.41) is 0. The number of hydrogen-bond acceptors (Lipinski definition) is 3. The fourth-order valence-corrected chi connectivity index (χ4v) is 1.81. The average Bonchev–Trinajstić information content (AvgIpc) is 2.93. The molecule has 23 heavy (non-hydrogen) atoms. The zero-order valence-electron chi connectivity index (χ0n) is 14.0. The molecular weight excluding hydrogens is 292 g/mol. The van der Waals surface area contributed by atoms with Gasteiger partial charge in [0.25, 0.3) is 5.91 Å². The number of primary amides is 2. The molecule has 0 atom stereocenters. The molecule has 0 spiro atoms. The third-order valence-corrected chi connectivity index (χ3v) is 2.95. The largest absolute Gasteiger partial charge is 0.372 e. The minimum Gasteiger partial charge on any atom is -0.372 e. The van der Waals surface area contributed by atoms with Gasteiger partial charge >= 0.3 is 0 Å². The molecule has 0 aliphatic carbocycles. The van der Waals surface area contributed by atoms with Crippen molar-refractivity contribution < 1.29 is 9.59 Å². The third-order valence-electron chi connectivity index (χ3n) is 2.95. The minimum absolute atomic E-state index is 0.250. The van der Waals surface area contributed by atoms with E-state index in [1.54, 1.807) is 29.9 Å². The summed E-state index contributed by atoms with van der Waals surface area (Å²) in [5.41, 5.74) is 12.2. The number of carbonyl (C=O) groups is 2. The Hall–Kier alpha value is -2.63. The van der Waals surface area contributed by atoms with E-state index < -0.39 is 0 Å². The molecule has 0 aliphatic heterocycles. The van der Waals surface area contributed by atoms with Gasteiger partial charge in [-0.3, -0.25) is 14.6 Å². The number of nitrogens with two attached hydrogens (primary N) is 2. The molecule has 0 fully saturated rings. The number of amides is 2. The van der Waals surface area contributed by atoms with Crippen molar-refractivity contribution in [2.45, 2.75) is 33.1 Å². The van der Waals surface area contributed by atoms with Gasteiger partial charge in [-0.1, -0.05) is 13.3 Å². The van der Waals surface area contributed by atoms with Gasteiger partial charge in [0.1, 0.15) is 5.69 Å². The molecule has 0 saturated heterocycles. The van der Waals surface area contributed by atoms with Gasteiger partial charge in [0.2, 0.25) is 6.41 Å². The van der Waals surface area contributed by atoms with Crippen molar-refractivity contribution in [3.05, 3.63) is 53.6 Å². The second-order valence-electron chi connectivity index (χ2n) is 4.93. The monoisotopic (exact) mass is 318 g/mol. The van der Waals surface area contributed by atoms with Crippen LogP contribution in [0, 0.1) is 6.92 Å². The number of unbranched alkanes of at least 4 members (excludes halogenated alkanes) is 1. The van der Waals surface area contributed by atoms with Crippen LogP contribution in [0.15, 0.2) is 36.7 Å². The summed E-state index contributed by atoms with van der Waals surface area (Å²) >= 11 is 0. The number of rotatable bonds is 4. The molecule has 0 bridgehead atoms. The zero-order valence-corrected chi connectivity index (χ0v) is 14.0. The van der Waals surface area contributed by atoms with Crippen LogP contribution in [0.3, 0.4) is 0 Å². The van der Waals surface area contributed by atoms with Crippen molar-refractivity contribution in [1.82, 2.24) is 9.55 Å². The van der Waals surface area contributed by atoms with Crippen LogP contribution < -0.4 is 11.5 Å². The van der Waals surface area contributed by atoms with Gasteiger partial charge in [-0.15, -0.1) is 0 Å². The Morgan fingerprint density at radius 2 is 2.04 bits per heavy atom. The first-order valence-corrected chi connectivity index (χ1v) is 7.44. The van der Waals surface area contributed by atoms with Crippen molar-refractivity contribution >= 4 is 12.3 Å². The molecule has 0 radical (unpaired) electrons. The van der Waals surface area contributed by atoms with E-state index in [-0.39, 0.29) is 12.3 Å². The first-order valence-electron chi connectivity index (χ1n) is 7.44. The van der Waals surface area contributed by atoms with E-state index in [0.717, 1.165) is 6.42 Å². The Labute approximate surface area is 137 Å². The molecule has 2 heterocycles. The smallest absolute Gasteiger partial charge is 0.265 e. The highest BCUT2D eigenvalue weighted by Gasteiger charge is 2.00. The molecule has 4 N–H and O–H groups in total. The fourth-order valence-electron chi connectivity index (χ4n) is 1.81. The fraction of sp³-hybridized carbons (Fsp3) is 0.353. The van der Waals surface area contributed by atoms with Gasteiger partial charge in [0.15, 0.2) is 0 Å². The molecule has 126 valence electrons. The van der Waals surface area contributed by atoms with Gasteiger partial charge in [-0.2, -0.15) is 0 Å². The highest BCUT2D eigenvalue weighted by atomic mass is 16.1. The van der Waals surface area contributed by atoms with E-state index in [4.69, 9.17) is 10.5 Å². The summed E-state index contributed by atoms with van der Waals surface area (Å²) in [6.45, 7) is 4.31. The molecule has 2 aromatic rings. The summed E-state index contributed by atoms with van der Waals surface area (Å²) in [6.07, 6.45) is 7.53. The van der Waals surface area contributed by atoms with Gasteiger partial charge in [0, 0.05) is 25.1 Å². The Morgan fingerprint density at radius 1 is 1.39 bits per heavy atom. The van der Waals surface area contributed by atoms with Crippen molar-refractivity contribution in [2.24, 2.45) is 18.5 Å². The van der Waals surface area contributed by atoms with E-state index in [9.17, 15) is 4.79 Å². The molecule has 0 saturated carbocycles. The second-order valence-corrected chi connectivity index (χ2v) is 4.93. The number of aromatic nitrogens is 2. The maximum absolute atomic E-state index is 10.5. The van der Waals surface area contributed by atoms with Crippen molar-refractivity contribution in [1.29, 1.82) is 0 Å². The summed E-state index contributed by atoms with van der Waals surface area (Å²) in [7, 11) is 1.78. The Bertz CT molecular complexity index is 594. The van der Waals surface area contributed by atoms with Crippen LogP contribution in [0.25, 0.3) is 0 Å². The Kier molecular flexibility index (Phi) is 10.6. The first-order chi connectivity index (χ1) is 11.0. The van der Waals surface area contributed by atoms with Crippen LogP contribution >= 0.6 is 0 Å². The van der Waals surface area contributed by atoms with Crippen LogP contribution in [-0.4, -0.2) is 21.9 Å². The first kappa shape index (κ1) is 20.4. The van der Waals surface area contributed by atoms with E-state index in [1.807, 2.05) is 12.3 Å². The van der Waals surface area contributed by atoms with E-state index in [0.29, 0.717) is 5.69 Å². The number of aryl methyl sites for hydroxylation is 3. The lowest BCUT2D eigenvalue weighted by Crippen LogP contribution is -2.14. The van der Waals surface area contributed by atoms with Crippen molar-refractivity contribution in [2.75, 3.05) is 0 Å². The molecule has 0 aliphatic rings. The Morgan fingerprint density at radius 3 is 2.43 bits per heavy atom. The van der Waals surface area contributed by atoms with Crippen molar-refractivity contribution in [3.8, 4) is 0 Å². The molecule has 6 heteroatoms. The van der Waals surface area contributed by atoms with Gasteiger partial charge in [0.05, 0.1) is 0 Å². The van der Waals surface area contributed by atoms with E-state index in [2.05, 4.69) is 30.6 Å². The summed E-state index contributed by atoms with van der Waals surface area (Å²) < 4.78 is 1.68. The lowest BCUT2D eigenvalue weighted by atomic mass is 10.1. The molecule has 6 nitrogen and oxygen atoms in total. The van der Waals surface area contributed by atoms with Crippen LogP contribution in [0.5, 0.6) is 0 Å². The normalized spacial score (nSPS) is 9.00. The summed E-state index contributed by atoms with van der Waals surface area (Å²) in [5.74, 6) is -0.387. The molecule has 0 unspecified atom stereocenters. The summed E-state index contributed by atoms with van der Waals surface area (Å²) in [4.78, 5) is 23.3. The van der Waals surface area contributed by atoms with Gasteiger partial charge in [-0.05, 0) is 49.6 Å². The van der Waals surface area contributed by atoms with Crippen LogP contribution in [0.2, 0.25) is 0 Å². The maximum atomic E-state index is 10.5. The standard InChI is InChI=1S/C10H15N.C6H8N2O.CH3NO/c1-3-4-5-10-8-9(2)6-7-11-10;1-8-4-2-3-5(8)6(7)9;2-1-3/h6-8H,3-5H2,1-2H3;2-4H,1H3,(H2,7,9);1H,(H2,2,3). The highest BCUT2D eigenvalue weighted by Crippen LogP contribution is 2.03. The molecule has 0 aromatic carbocycles. The van der Waals surface area contributed by atoms with Crippen LogP contribution in [-0.2, 0) is 18.3 Å². The second kappa shape index (κ2) is 12.0. The Balaban J connectivity index is 0.000000365. The molecular formula is C17H26N4O2. The van der Waals surface area contributed by atoms with Crippen LogP contribution in [0.1, 0.15) is 41.5 Å². The number of hydrogen-bond donors (Lipinski definition) is 2. The van der Waals surface area contributed by atoms with Gasteiger partial charge < -0.3 is 16.0 Å².